The second-order valence-electron chi connectivity index (χ2n) is 3.30. The molecule has 1 aromatic rings. The van der Waals surface area contributed by atoms with Gasteiger partial charge in [-0.2, -0.15) is 0 Å². The summed E-state index contributed by atoms with van der Waals surface area (Å²) in [4.78, 5) is 0.739. The van der Waals surface area contributed by atoms with Crippen molar-refractivity contribution in [3.05, 3.63) is 24.3 Å². The first-order valence-corrected chi connectivity index (χ1v) is 9.64. The van der Waals surface area contributed by atoms with Gasteiger partial charge in [0.1, 0.15) is 5.75 Å². The predicted octanol–water partition coefficient (Wildman–Crippen LogP) is 3.10. The van der Waals surface area contributed by atoms with Crippen LogP contribution in [0.5, 0.6) is 5.75 Å². The van der Waals surface area contributed by atoms with E-state index in [0.29, 0.717) is 19.0 Å². The fourth-order valence-electron chi connectivity index (χ4n) is 1.23. The van der Waals surface area contributed by atoms with Crippen molar-refractivity contribution in [2.24, 2.45) is 0 Å². The largest absolute Gasteiger partial charge is 0.424 e. The van der Waals surface area contributed by atoms with Gasteiger partial charge in [0.05, 0.1) is 13.2 Å². The van der Waals surface area contributed by atoms with E-state index in [2.05, 4.69) is 0 Å². The minimum Gasteiger partial charge on any atom is -0.424 e. The molecule has 1 aromatic carbocycles. The zero-order chi connectivity index (χ0) is 13.6. The third kappa shape index (κ3) is 4.78. The Morgan fingerprint density at radius 1 is 1.17 bits per heavy atom. The standard InChI is InChI=1S/C11H17O4PS2/c1-4-13-16(17,14-5-2)15-10-6-8-11(9-7-10)18(3)12/h6-9H,4-5H2,1-3H3/t18-/m1/s1. The maximum atomic E-state index is 11.3. The lowest BCUT2D eigenvalue weighted by atomic mass is 10.3. The van der Waals surface area contributed by atoms with E-state index in [-0.39, 0.29) is 0 Å². The first-order valence-electron chi connectivity index (χ1n) is 5.53. The van der Waals surface area contributed by atoms with Crippen molar-refractivity contribution in [2.45, 2.75) is 18.7 Å². The van der Waals surface area contributed by atoms with Crippen molar-refractivity contribution in [1.29, 1.82) is 0 Å². The first kappa shape index (κ1) is 15.8. The van der Waals surface area contributed by atoms with Gasteiger partial charge >= 0.3 is 6.72 Å². The minimum atomic E-state index is -2.72. The summed E-state index contributed by atoms with van der Waals surface area (Å²) in [6.07, 6.45) is 1.63. The Morgan fingerprint density at radius 3 is 2.06 bits per heavy atom. The van der Waals surface area contributed by atoms with E-state index in [9.17, 15) is 4.21 Å². The zero-order valence-corrected chi connectivity index (χ0v) is 13.1. The lowest BCUT2D eigenvalue weighted by molar-refractivity contribution is 0.218. The molecule has 0 unspecified atom stereocenters. The first-order chi connectivity index (χ1) is 8.50. The normalized spacial score (nSPS) is 13.3. The van der Waals surface area contributed by atoms with Gasteiger partial charge < -0.3 is 4.52 Å². The van der Waals surface area contributed by atoms with Crippen molar-refractivity contribution >= 4 is 29.3 Å². The van der Waals surface area contributed by atoms with E-state index in [1.54, 1.807) is 30.5 Å². The highest BCUT2D eigenvalue weighted by Gasteiger charge is 2.21. The van der Waals surface area contributed by atoms with Gasteiger partial charge in [0.15, 0.2) is 0 Å². The third-order valence-electron chi connectivity index (χ3n) is 1.95. The molecule has 0 amide bonds. The molecule has 102 valence electrons. The molecule has 7 heteroatoms. The molecule has 4 nitrogen and oxygen atoms in total. The monoisotopic (exact) mass is 308 g/mol. The van der Waals surface area contributed by atoms with Crippen LogP contribution in [0, 0.1) is 0 Å². The summed E-state index contributed by atoms with van der Waals surface area (Å²) in [5.74, 6) is 0.564. The van der Waals surface area contributed by atoms with Crippen molar-refractivity contribution in [3.8, 4) is 5.75 Å². The molecule has 0 fully saturated rings. The van der Waals surface area contributed by atoms with Crippen LogP contribution in [0.15, 0.2) is 29.2 Å². The summed E-state index contributed by atoms with van der Waals surface area (Å²) in [7, 11) is -1.00. The average Bonchev–Trinajstić information content (AvgIpc) is 2.30. The lowest BCUT2D eigenvalue weighted by Crippen LogP contribution is -2.02. The summed E-state index contributed by atoms with van der Waals surface area (Å²) in [6, 6.07) is 6.91. The van der Waals surface area contributed by atoms with Crippen LogP contribution in [0.2, 0.25) is 0 Å². The highest BCUT2D eigenvalue weighted by atomic mass is 32.5. The number of rotatable bonds is 7. The average molecular weight is 308 g/mol. The van der Waals surface area contributed by atoms with Crippen LogP contribution >= 0.6 is 6.72 Å². The summed E-state index contributed by atoms with van der Waals surface area (Å²) in [5, 5.41) is 0. The Hall–Kier alpha value is -0.260. The summed E-state index contributed by atoms with van der Waals surface area (Å²) >= 11 is 5.25. The van der Waals surface area contributed by atoms with Gasteiger partial charge in [-0.3, -0.25) is 13.3 Å². The molecule has 0 radical (unpaired) electrons. The molecule has 0 bridgehead atoms. The van der Waals surface area contributed by atoms with Crippen LogP contribution in [0.1, 0.15) is 13.8 Å². The Bertz CT molecular complexity index is 437. The molecule has 0 aromatic heterocycles. The van der Waals surface area contributed by atoms with Crippen LogP contribution in [0.25, 0.3) is 0 Å². The molecule has 1 atom stereocenters. The van der Waals surface area contributed by atoms with Crippen LogP contribution in [-0.2, 0) is 31.7 Å². The fraction of sp³-hybridized carbons (Fsp3) is 0.455. The van der Waals surface area contributed by atoms with Crippen molar-refractivity contribution in [2.75, 3.05) is 19.5 Å². The second kappa shape index (κ2) is 7.36. The molecule has 0 saturated carbocycles. The molecule has 0 spiro atoms. The van der Waals surface area contributed by atoms with Gasteiger partial charge in [-0.1, -0.05) is 0 Å². The van der Waals surface area contributed by atoms with E-state index >= 15 is 0 Å². The van der Waals surface area contributed by atoms with Gasteiger partial charge in [0.25, 0.3) is 0 Å². The van der Waals surface area contributed by atoms with Gasteiger partial charge in [-0.25, -0.2) is 0 Å². The Kier molecular flexibility index (Phi) is 6.46. The Morgan fingerprint density at radius 2 is 1.67 bits per heavy atom. The number of benzene rings is 1. The molecule has 0 heterocycles. The molecule has 0 saturated heterocycles. The summed E-state index contributed by atoms with van der Waals surface area (Å²) in [5.41, 5.74) is 0. The van der Waals surface area contributed by atoms with Crippen molar-refractivity contribution in [1.82, 2.24) is 0 Å². The number of hydrogen-bond acceptors (Lipinski definition) is 5. The topological polar surface area (TPSA) is 44.8 Å². The molecule has 0 N–H and O–H groups in total. The molecule has 0 aliphatic carbocycles. The van der Waals surface area contributed by atoms with Gasteiger partial charge in [0, 0.05) is 33.8 Å². The molecule has 0 aliphatic heterocycles. The third-order valence-corrected chi connectivity index (χ3v) is 5.32. The van der Waals surface area contributed by atoms with E-state index in [4.69, 9.17) is 25.4 Å². The van der Waals surface area contributed by atoms with Gasteiger partial charge in [-0.15, -0.1) is 0 Å². The Labute approximate surface area is 115 Å². The summed E-state index contributed by atoms with van der Waals surface area (Å²) in [6.45, 7) is 1.84. The van der Waals surface area contributed by atoms with Gasteiger partial charge in [0.2, 0.25) is 0 Å². The molecule has 18 heavy (non-hydrogen) atoms. The van der Waals surface area contributed by atoms with Crippen LogP contribution < -0.4 is 4.52 Å². The van der Waals surface area contributed by atoms with Crippen molar-refractivity contribution < 1.29 is 17.8 Å². The smallest absolute Gasteiger partial charge is 0.380 e. The van der Waals surface area contributed by atoms with Crippen molar-refractivity contribution in [3.63, 3.8) is 0 Å². The SMILES string of the molecule is CCOP(=S)(OCC)Oc1ccc([S@@](C)=O)cc1. The minimum absolute atomic E-state index is 0.439. The zero-order valence-electron chi connectivity index (χ0n) is 10.6. The van der Waals surface area contributed by atoms with E-state index < -0.39 is 17.5 Å². The van der Waals surface area contributed by atoms with Gasteiger partial charge in [-0.05, 0) is 38.1 Å². The lowest BCUT2D eigenvalue weighted by Gasteiger charge is -2.21. The maximum absolute atomic E-state index is 11.3. The molecule has 1 rings (SSSR count). The second-order valence-corrected chi connectivity index (χ2v) is 7.61. The van der Waals surface area contributed by atoms with Crippen LogP contribution in [0.4, 0.5) is 0 Å². The van der Waals surface area contributed by atoms with Crippen LogP contribution in [0.3, 0.4) is 0 Å². The summed E-state index contributed by atoms with van der Waals surface area (Å²) < 4.78 is 27.6. The highest BCUT2D eigenvalue weighted by molar-refractivity contribution is 8.07. The fourth-order valence-corrected chi connectivity index (χ4v) is 3.83. The molecule has 0 aliphatic rings. The molecular formula is C11H17O4PS2. The Balaban J connectivity index is 2.81. The highest BCUT2D eigenvalue weighted by Crippen LogP contribution is 2.49. The van der Waals surface area contributed by atoms with Crippen LogP contribution in [-0.4, -0.2) is 23.7 Å². The number of hydrogen-bond donors (Lipinski definition) is 0. The molecular weight excluding hydrogens is 291 g/mol. The van der Waals surface area contributed by atoms with E-state index in [1.165, 1.54) is 0 Å². The maximum Gasteiger partial charge on any atom is 0.380 e. The van der Waals surface area contributed by atoms with E-state index in [1.807, 2.05) is 13.8 Å². The predicted molar refractivity (Wildman–Crippen MR) is 76.9 cm³/mol. The quantitative estimate of drug-likeness (QED) is 0.724. The van der Waals surface area contributed by atoms with E-state index in [0.717, 1.165) is 4.90 Å².